The molecule has 0 atom stereocenters. The quantitative estimate of drug-likeness (QED) is 0.546. The maximum absolute atomic E-state index is 13.0. The van der Waals surface area contributed by atoms with Gasteiger partial charge in [0.1, 0.15) is 0 Å². The Labute approximate surface area is 205 Å². The Morgan fingerprint density at radius 3 is 2.46 bits per heavy atom. The summed E-state index contributed by atoms with van der Waals surface area (Å²) in [5.74, 6) is 0.842. The van der Waals surface area contributed by atoms with Gasteiger partial charge in [-0.2, -0.15) is 4.31 Å². The zero-order chi connectivity index (χ0) is 24.6. The lowest BCUT2D eigenvalue weighted by Gasteiger charge is -2.33. The second-order valence-corrected chi connectivity index (χ2v) is 10.7. The molecule has 11 nitrogen and oxygen atoms in total. The lowest BCUT2D eigenvalue weighted by Crippen LogP contribution is -2.50. The summed E-state index contributed by atoms with van der Waals surface area (Å²) in [6.07, 6.45) is -0.446. The van der Waals surface area contributed by atoms with Crippen LogP contribution >= 0.6 is 11.3 Å². The molecule has 184 valence electrons. The molecular weight excluding hydrogens is 496 g/mol. The Bertz CT molecular complexity index is 1340. The molecule has 0 spiro atoms. The molecule has 0 saturated carbocycles. The van der Waals surface area contributed by atoms with Crippen molar-refractivity contribution in [3.8, 4) is 11.5 Å². The molecule has 1 saturated heterocycles. The van der Waals surface area contributed by atoms with Crippen LogP contribution in [0.3, 0.4) is 0 Å². The highest BCUT2D eigenvalue weighted by atomic mass is 32.2. The molecule has 2 aromatic carbocycles. The number of amides is 2. The largest absolute Gasteiger partial charge is 0.454 e. The van der Waals surface area contributed by atoms with Crippen LogP contribution in [-0.2, 0) is 14.8 Å². The van der Waals surface area contributed by atoms with Crippen LogP contribution in [0.4, 0.5) is 9.93 Å². The molecule has 5 rings (SSSR count). The maximum Gasteiger partial charge on any atom is 0.409 e. The summed E-state index contributed by atoms with van der Waals surface area (Å²) >= 11 is 1.30. The van der Waals surface area contributed by atoms with Crippen LogP contribution in [-0.4, -0.2) is 74.2 Å². The number of hydrogen-bond acceptors (Lipinski definition) is 9. The third-order valence-corrected chi connectivity index (χ3v) is 8.47. The number of thiazole rings is 1. The number of sulfonamides is 1. The van der Waals surface area contributed by atoms with Gasteiger partial charge < -0.3 is 19.1 Å². The van der Waals surface area contributed by atoms with Crippen LogP contribution < -0.4 is 14.8 Å². The van der Waals surface area contributed by atoms with E-state index >= 15 is 0 Å². The monoisotopic (exact) mass is 518 g/mol. The Morgan fingerprint density at radius 2 is 1.77 bits per heavy atom. The third-order valence-electron chi connectivity index (χ3n) is 5.62. The fraction of sp³-hybridized carbons (Fsp3) is 0.318. The van der Waals surface area contributed by atoms with Crippen molar-refractivity contribution in [1.29, 1.82) is 0 Å². The van der Waals surface area contributed by atoms with Gasteiger partial charge in [-0.1, -0.05) is 11.3 Å². The van der Waals surface area contributed by atoms with Crippen molar-refractivity contribution in [1.82, 2.24) is 14.2 Å². The van der Waals surface area contributed by atoms with E-state index in [1.807, 2.05) is 6.07 Å². The van der Waals surface area contributed by atoms with E-state index in [2.05, 4.69) is 10.3 Å². The number of aromatic nitrogens is 1. The summed E-state index contributed by atoms with van der Waals surface area (Å²) < 4.78 is 43.9. The molecule has 35 heavy (non-hydrogen) atoms. The molecule has 0 unspecified atom stereocenters. The van der Waals surface area contributed by atoms with Crippen molar-refractivity contribution in [2.75, 3.05) is 44.9 Å². The van der Waals surface area contributed by atoms with Gasteiger partial charge in [0.25, 0.3) is 5.91 Å². The summed E-state index contributed by atoms with van der Waals surface area (Å²) in [6.45, 7) is 3.00. The van der Waals surface area contributed by atoms with Crippen LogP contribution in [0.25, 0.3) is 10.2 Å². The normalized spacial score (nSPS) is 15.9. The minimum absolute atomic E-state index is 0.0770. The molecule has 0 bridgehead atoms. The van der Waals surface area contributed by atoms with E-state index in [9.17, 15) is 18.0 Å². The van der Waals surface area contributed by atoms with E-state index in [0.717, 1.165) is 4.70 Å². The first kappa shape index (κ1) is 23.3. The SMILES string of the molecule is CCOC(=O)N1CCN(S(=O)(=O)c2ccc(C(=O)Nc3nc4cc5c(cc4s3)OCO5)cc2)CC1. The highest BCUT2D eigenvalue weighted by molar-refractivity contribution is 7.89. The van der Waals surface area contributed by atoms with Crippen LogP contribution in [0.1, 0.15) is 17.3 Å². The fourth-order valence-corrected chi connectivity index (χ4v) is 6.09. The number of fused-ring (bicyclic) bond motifs is 2. The van der Waals surface area contributed by atoms with Gasteiger partial charge in [0.05, 0.1) is 21.7 Å². The Kier molecular flexibility index (Phi) is 6.21. The number of carbonyl (C=O) groups excluding carboxylic acids is 2. The smallest absolute Gasteiger partial charge is 0.409 e. The molecule has 2 aliphatic rings. The predicted molar refractivity (Wildman–Crippen MR) is 127 cm³/mol. The number of benzene rings is 2. The Balaban J connectivity index is 1.24. The van der Waals surface area contributed by atoms with Crippen LogP contribution in [0.15, 0.2) is 41.3 Å². The maximum atomic E-state index is 13.0. The molecule has 2 amide bonds. The van der Waals surface area contributed by atoms with E-state index in [0.29, 0.717) is 27.7 Å². The van der Waals surface area contributed by atoms with E-state index in [-0.39, 0.29) is 44.5 Å². The second kappa shape index (κ2) is 9.32. The van der Waals surface area contributed by atoms with Crippen molar-refractivity contribution in [3.05, 3.63) is 42.0 Å². The summed E-state index contributed by atoms with van der Waals surface area (Å²) in [6, 6.07) is 9.30. The standard InChI is InChI=1S/C22H22N4O7S2/c1-2-31-22(28)25-7-9-26(10-8-25)35(29,30)15-5-3-14(4-6-15)20(27)24-21-23-16-11-17-18(33-13-32-17)12-19(16)34-21/h3-6,11-12H,2,7-10,13H2,1H3,(H,23,24,27). The number of anilines is 1. The van der Waals surface area contributed by atoms with Gasteiger partial charge in [-0.05, 0) is 31.2 Å². The summed E-state index contributed by atoms with van der Waals surface area (Å²) in [4.78, 5) is 30.5. The molecule has 0 radical (unpaired) electrons. The average molecular weight is 519 g/mol. The number of nitrogens with one attached hydrogen (secondary N) is 1. The summed E-state index contributed by atoms with van der Waals surface area (Å²) in [5.41, 5.74) is 0.976. The van der Waals surface area contributed by atoms with Crippen molar-refractivity contribution < 1.29 is 32.2 Å². The van der Waals surface area contributed by atoms with Gasteiger partial charge in [0.15, 0.2) is 16.6 Å². The minimum atomic E-state index is -3.76. The van der Waals surface area contributed by atoms with Crippen LogP contribution in [0.5, 0.6) is 11.5 Å². The van der Waals surface area contributed by atoms with Crippen molar-refractivity contribution in [2.24, 2.45) is 0 Å². The minimum Gasteiger partial charge on any atom is -0.454 e. The van der Waals surface area contributed by atoms with Crippen molar-refractivity contribution >= 4 is 48.7 Å². The van der Waals surface area contributed by atoms with E-state index in [1.165, 1.54) is 44.8 Å². The highest BCUT2D eigenvalue weighted by Gasteiger charge is 2.30. The number of piperazine rings is 1. The van der Waals surface area contributed by atoms with Gasteiger partial charge in [-0.25, -0.2) is 18.2 Å². The van der Waals surface area contributed by atoms with E-state index < -0.39 is 22.0 Å². The first-order valence-corrected chi connectivity index (χ1v) is 13.1. The van der Waals surface area contributed by atoms with Crippen molar-refractivity contribution in [2.45, 2.75) is 11.8 Å². The molecule has 1 fully saturated rings. The van der Waals surface area contributed by atoms with Crippen LogP contribution in [0.2, 0.25) is 0 Å². The van der Waals surface area contributed by atoms with E-state index in [4.69, 9.17) is 14.2 Å². The molecule has 13 heteroatoms. The van der Waals surface area contributed by atoms with E-state index in [1.54, 1.807) is 13.0 Å². The zero-order valence-corrected chi connectivity index (χ0v) is 20.4. The lowest BCUT2D eigenvalue weighted by molar-refractivity contribution is 0.0933. The Hall–Kier alpha value is -3.42. The number of carbonyl (C=O) groups is 2. The summed E-state index contributed by atoms with van der Waals surface area (Å²) in [7, 11) is -3.76. The lowest BCUT2D eigenvalue weighted by atomic mass is 10.2. The molecule has 3 aromatic rings. The molecule has 1 aromatic heterocycles. The van der Waals surface area contributed by atoms with Gasteiger partial charge >= 0.3 is 6.09 Å². The number of hydrogen-bond donors (Lipinski definition) is 1. The van der Waals surface area contributed by atoms with Crippen LogP contribution in [0, 0.1) is 0 Å². The van der Waals surface area contributed by atoms with Gasteiger partial charge in [0, 0.05) is 43.9 Å². The predicted octanol–water partition coefficient (Wildman–Crippen LogP) is 2.74. The first-order valence-electron chi connectivity index (χ1n) is 10.9. The molecule has 2 aliphatic heterocycles. The number of nitrogens with zero attached hydrogens (tertiary/aromatic N) is 3. The first-order chi connectivity index (χ1) is 16.8. The van der Waals surface area contributed by atoms with Gasteiger partial charge in [-0.3, -0.25) is 10.1 Å². The van der Waals surface area contributed by atoms with Crippen molar-refractivity contribution in [3.63, 3.8) is 0 Å². The average Bonchev–Trinajstić information content (AvgIpc) is 3.48. The molecule has 1 N–H and O–H groups in total. The molecule has 3 heterocycles. The zero-order valence-electron chi connectivity index (χ0n) is 18.7. The fourth-order valence-electron chi connectivity index (χ4n) is 3.79. The van der Waals surface area contributed by atoms with Gasteiger partial charge in [-0.15, -0.1) is 0 Å². The molecule has 0 aliphatic carbocycles. The topological polar surface area (TPSA) is 127 Å². The number of rotatable bonds is 5. The highest BCUT2D eigenvalue weighted by Crippen LogP contribution is 2.39. The van der Waals surface area contributed by atoms with Gasteiger partial charge in [0.2, 0.25) is 16.8 Å². The Morgan fingerprint density at radius 1 is 1.09 bits per heavy atom. The summed E-state index contributed by atoms with van der Waals surface area (Å²) in [5, 5.41) is 3.15. The second-order valence-electron chi connectivity index (χ2n) is 7.76. The number of ether oxygens (including phenoxy) is 3. The molecular formula is C22H22N4O7S2. The third kappa shape index (κ3) is 4.61.